The van der Waals surface area contributed by atoms with Crippen LogP contribution >= 0.6 is 11.6 Å². The first-order valence-electron chi connectivity index (χ1n) is 5.76. The average molecular weight is 284 g/mol. The molecule has 0 bridgehead atoms. The van der Waals surface area contributed by atoms with Crippen molar-refractivity contribution in [3.63, 3.8) is 0 Å². The van der Waals surface area contributed by atoms with Gasteiger partial charge in [-0.15, -0.1) is 11.6 Å². The lowest BCUT2D eigenvalue weighted by Crippen LogP contribution is -2.05. The Kier molecular flexibility index (Phi) is 4.68. The predicted octanol–water partition coefficient (Wildman–Crippen LogP) is 3.72. The molecule has 1 aromatic heterocycles. The van der Waals surface area contributed by atoms with Crippen LogP contribution in [0.5, 0.6) is 5.75 Å². The van der Waals surface area contributed by atoms with E-state index in [2.05, 4.69) is 4.98 Å². The van der Waals surface area contributed by atoms with Gasteiger partial charge in [-0.05, 0) is 35.4 Å². The monoisotopic (exact) mass is 283 g/mol. The van der Waals surface area contributed by atoms with E-state index in [9.17, 15) is 8.78 Å². The van der Waals surface area contributed by atoms with Crippen molar-refractivity contribution in [1.82, 2.24) is 4.98 Å². The van der Waals surface area contributed by atoms with Crippen molar-refractivity contribution in [3.05, 3.63) is 59.4 Å². The fourth-order valence-electron chi connectivity index (χ4n) is 1.65. The lowest BCUT2D eigenvalue weighted by molar-refractivity contribution is 0.288. The number of pyridine rings is 1. The summed E-state index contributed by atoms with van der Waals surface area (Å²) in [4.78, 5) is 3.89. The molecule has 0 radical (unpaired) electrons. The lowest BCUT2D eigenvalue weighted by atomic mass is 10.2. The van der Waals surface area contributed by atoms with Crippen LogP contribution < -0.4 is 4.74 Å². The molecule has 100 valence electrons. The van der Waals surface area contributed by atoms with Crippen LogP contribution in [0.15, 0.2) is 36.7 Å². The SMILES string of the molecule is Fc1cc(CCl)cc(F)c1OCCc1ccncc1. The Morgan fingerprint density at radius 3 is 2.26 bits per heavy atom. The number of halogens is 3. The molecule has 2 nitrogen and oxygen atoms in total. The molecule has 0 saturated carbocycles. The topological polar surface area (TPSA) is 22.1 Å². The molecule has 0 atom stereocenters. The zero-order valence-electron chi connectivity index (χ0n) is 10.1. The van der Waals surface area contributed by atoms with Gasteiger partial charge in [0.05, 0.1) is 6.61 Å². The number of ether oxygens (including phenoxy) is 1. The maximum atomic E-state index is 13.6. The number of rotatable bonds is 5. The third kappa shape index (κ3) is 3.64. The molecular formula is C14H12ClF2NO. The standard InChI is InChI=1S/C14H12ClF2NO/c15-9-11-7-12(16)14(13(17)8-11)19-6-3-10-1-4-18-5-2-10/h1-2,4-5,7-8H,3,6,9H2. The van der Waals surface area contributed by atoms with Gasteiger partial charge >= 0.3 is 0 Å². The van der Waals surface area contributed by atoms with Crippen LogP contribution in [0, 0.1) is 11.6 Å². The van der Waals surface area contributed by atoms with Gasteiger partial charge in [-0.2, -0.15) is 0 Å². The summed E-state index contributed by atoms with van der Waals surface area (Å²) in [7, 11) is 0. The predicted molar refractivity (Wildman–Crippen MR) is 69.4 cm³/mol. The van der Waals surface area contributed by atoms with Crippen LogP contribution in [-0.2, 0) is 12.3 Å². The molecule has 1 aromatic carbocycles. The normalized spacial score (nSPS) is 10.5. The smallest absolute Gasteiger partial charge is 0.190 e. The molecule has 5 heteroatoms. The molecule has 19 heavy (non-hydrogen) atoms. The minimum atomic E-state index is -0.731. The molecule has 0 spiro atoms. The lowest BCUT2D eigenvalue weighted by Gasteiger charge is -2.09. The first kappa shape index (κ1) is 13.7. The average Bonchev–Trinajstić information content (AvgIpc) is 2.42. The van der Waals surface area contributed by atoms with E-state index in [0.717, 1.165) is 5.56 Å². The van der Waals surface area contributed by atoms with Gasteiger partial charge in [0.25, 0.3) is 0 Å². The van der Waals surface area contributed by atoms with Crippen molar-refractivity contribution in [2.75, 3.05) is 6.61 Å². The Hall–Kier alpha value is -1.68. The number of hydrogen-bond donors (Lipinski definition) is 0. The van der Waals surface area contributed by atoms with Crippen molar-refractivity contribution in [3.8, 4) is 5.75 Å². The van der Waals surface area contributed by atoms with Gasteiger partial charge in [0.1, 0.15) is 0 Å². The summed E-state index contributed by atoms with van der Waals surface area (Å²) in [6.45, 7) is 0.193. The van der Waals surface area contributed by atoms with Crippen LogP contribution in [0.1, 0.15) is 11.1 Å². The summed E-state index contributed by atoms with van der Waals surface area (Å²) in [5.41, 5.74) is 1.38. The maximum Gasteiger partial charge on any atom is 0.190 e. The number of nitrogens with zero attached hydrogens (tertiary/aromatic N) is 1. The van der Waals surface area contributed by atoms with Crippen LogP contribution in [0.25, 0.3) is 0 Å². The van der Waals surface area contributed by atoms with Crippen LogP contribution in [0.2, 0.25) is 0 Å². The van der Waals surface area contributed by atoms with Crippen molar-refractivity contribution >= 4 is 11.6 Å². The summed E-state index contributed by atoms with van der Waals surface area (Å²) in [6.07, 6.45) is 3.87. The van der Waals surface area contributed by atoms with Gasteiger partial charge in [-0.25, -0.2) is 8.78 Å². The Balaban J connectivity index is 2.00. The zero-order chi connectivity index (χ0) is 13.7. The highest BCUT2D eigenvalue weighted by Crippen LogP contribution is 2.24. The Morgan fingerprint density at radius 1 is 1.05 bits per heavy atom. The molecule has 0 N–H and O–H groups in total. The summed E-state index contributed by atoms with van der Waals surface area (Å²) < 4.78 is 32.3. The highest BCUT2D eigenvalue weighted by Gasteiger charge is 2.12. The molecule has 0 aliphatic heterocycles. The molecule has 0 amide bonds. The highest BCUT2D eigenvalue weighted by molar-refractivity contribution is 6.17. The molecule has 0 fully saturated rings. The van der Waals surface area contributed by atoms with Gasteiger partial charge in [0.2, 0.25) is 0 Å². The molecule has 1 heterocycles. The van der Waals surface area contributed by atoms with E-state index < -0.39 is 11.6 Å². The van der Waals surface area contributed by atoms with E-state index in [1.165, 1.54) is 12.1 Å². The Labute approximate surface area is 115 Å². The number of hydrogen-bond acceptors (Lipinski definition) is 2. The van der Waals surface area contributed by atoms with Crippen molar-refractivity contribution < 1.29 is 13.5 Å². The van der Waals surface area contributed by atoms with Gasteiger partial charge in [-0.3, -0.25) is 4.98 Å². The fourth-order valence-corrected chi connectivity index (χ4v) is 1.80. The van der Waals surface area contributed by atoms with E-state index in [1.807, 2.05) is 12.1 Å². The minimum Gasteiger partial charge on any atom is -0.487 e. The van der Waals surface area contributed by atoms with E-state index in [-0.39, 0.29) is 18.2 Å². The fraction of sp³-hybridized carbons (Fsp3) is 0.214. The van der Waals surface area contributed by atoms with Crippen molar-refractivity contribution in [2.24, 2.45) is 0 Å². The first-order chi connectivity index (χ1) is 9.20. The van der Waals surface area contributed by atoms with Crippen LogP contribution in [0.4, 0.5) is 8.78 Å². The van der Waals surface area contributed by atoms with Gasteiger partial charge in [0, 0.05) is 24.7 Å². The number of aromatic nitrogens is 1. The molecule has 0 aliphatic carbocycles. The maximum absolute atomic E-state index is 13.6. The van der Waals surface area contributed by atoms with E-state index in [4.69, 9.17) is 16.3 Å². The largest absolute Gasteiger partial charge is 0.487 e. The second-order valence-electron chi connectivity index (χ2n) is 3.98. The third-order valence-electron chi connectivity index (χ3n) is 2.60. The minimum absolute atomic E-state index is 0.0607. The zero-order valence-corrected chi connectivity index (χ0v) is 10.8. The van der Waals surface area contributed by atoms with E-state index in [1.54, 1.807) is 12.4 Å². The molecule has 2 aromatic rings. The number of benzene rings is 1. The van der Waals surface area contributed by atoms with E-state index in [0.29, 0.717) is 12.0 Å². The summed E-state index contributed by atoms with van der Waals surface area (Å²) in [5, 5.41) is 0. The van der Waals surface area contributed by atoms with Gasteiger partial charge in [0.15, 0.2) is 17.4 Å². The van der Waals surface area contributed by atoms with E-state index >= 15 is 0 Å². The molecule has 0 saturated heterocycles. The summed E-state index contributed by atoms with van der Waals surface area (Å²) >= 11 is 5.53. The first-order valence-corrected chi connectivity index (χ1v) is 6.29. The second-order valence-corrected chi connectivity index (χ2v) is 4.24. The quantitative estimate of drug-likeness (QED) is 0.780. The van der Waals surface area contributed by atoms with Crippen molar-refractivity contribution in [1.29, 1.82) is 0 Å². The Bertz CT molecular complexity index is 525. The number of alkyl halides is 1. The van der Waals surface area contributed by atoms with Crippen LogP contribution in [-0.4, -0.2) is 11.6 Å². The van der Waals surface area contributed by atoms with Crippen molar-refractivity contribution in [2.45, 2.75) is 12.3 Å². The molecule has 2 rings (SSSR count). The summed E-state index contributed by atoms with van der Waals surface area (Å²) in [6, 6.07) is 6.01. The molecular weight excluding hydrogens is 272 g/mol. The molecule has 0 unspecified atom stereocenters. The Morgan fingerprint density at radius 2 is 1.68 bits per heavy atom. The molecule has 0 aliphatic rings. The van der Waals surface area contributed by atoms with Gasteiger partial charge < -0.3 is 4.74 Å². The van der Waals surface area contributed by atoms with Gasteiger partial charge in [-0.1, -0.05) is 0 Å². The highest BCUT2D eigenvalue weighted by atomic mass is 35.5. The van der Waals surface area contributed by atoms with Crippen LogP contribution in [0.3, 0.4) is 0 Å². The second kappa shape index (κ2) is 6.48. The summed E-state index contributed by atoms with van der Waals surface area (Å²) in [5.74, 6) is -1.76. The third-order valence-corrected chi connectivity index (χ3v) is 2.91.